The van der Waals surface area contributed by atoms with Gasteiger partial charge in [-0.25, -0.2) is 4.98 Å². The summed E-state index contributed by atoms with van der Waals surface area (Å²) in [4.78, 5) is 19.8. The van der Waals surface area contributed by atoms with Gasteiger partial charge in [0, 0.05) is 43.2 Å². The van der Waals surface area contributed by atoms with E-state index in [0.29, 0.717) is 24.5 Å². The van der Waals surface area contributed by atoms with Gasteiger partial charge in [0.25, 0.3) is 5.91 Å². The number of ether oxygens (including phenoxy) is 1. The zero-order chi connectivity index (χ0) is 22.9. The van der Waals surface area contributed by atoms with Crippen LogP contribution in [0.3, 0.4) is 0 Å². The van der Waals surface area contributed by atoms with Crippen LogP contribution >= 0.6 is 0 Å². The number of amides is 1. The molecule has 1 saturated heterocycles. The number of rotatable bonds is 5. The lowest BCUT2D eigenvalue weighted by atomic mass is 9.96. The van der Waals surface area contributed by atoms with Crippen LogP contribution in [0.5, 0.6) is 5.75 Å². The number of hydrogen-bond donors (Lipinski definition) is 0. The molecule has 8 nitrogen and oxygen atoms in total. The van der Waals surface area contributed by atoms with Crippen molar-refractivity contribution in [3.63, 3.8) is 0 Å². The number of piperidine rings is 1. The van der Waals surface area contributed by atoms with Crippen LogP contribution < -0.4 is 4.74 Å². The summed E-state index contributed by atoms with van der Waals surface area (Å²) < 4.78 is 9.94. The van der Waals surface area contributed by atoms with Crippen LogP contribution in [0.1, 0.15) is 40.6 Å². The Morgan fingerprint density at radius 2 is 1.88 bits per heavy atom. The first-order chi connectivity index (χ1) is 16.7. The van der Waals surface area contributed by atoms with Gasteiger partial charge < -0.3 is 14.0 Å². The molecule has 5 aromatic rings. The number of hydrogen-bond acceptors (Lipinski definition) is 5. The molecular formula is C26H24N6O2. The number of benzene rings is 1. The minimum absolute atomic E-state index is 0.0108. The molecule has 0 aliphatic carbocycles. The van der Waals surface area contributed by atoms with E-state index in [4.69, 9.17) is 4.74 Å². The fourth-order valence-corrected chi connectivity index (χ4v) is 4.63. The summed E-state index contributed by atoms with van der Waals surface area (Å²) in [7, 11) is 0. The number of nitrogens with zero attached hydrogens (tertiary/aromatic N) is 6. The molecule has 170 valence electrons. The number of carbonyl (C=O) groups excluding carboxylic acids is 1. The third kappa shape index (κ3) is 3.87. The SMILES string of the molecule is O=C(c1cccc(OCc2cn3ccccc3n2)c1)N1CCCC(c2nnc3ccccn23)C1. The van der Waals surface area contributed by atoms with Gasteiger partial charge in [-0.3, -0.25) is 9.20 Å². The number of fused-ring (bicyclic) bond motifs is 2. The maximum atomic E-state index is 13.3. The first kappa shape index (κ1) is 20.4. The smallest absolute Gasteiger partial charge is 0.254 e. The summed E-state index contributed by atoms with van der Waals surface area (Å²) in [5.41, 5.74) is 3.17. The average Bonchev–Trinajstić information content (AvgIpc) is 3.51. The van der Waals surface area contributed by atoms with Gasteiger partial charge in [0.05, 0.1) is 5.69 Å². The van der Waals surface area contributed by atoms with Crippen molar-refractivity contribution in [2.45, 2.75) is 25.4 Å². The predicted molar refractivity (Wildman–Crippen MR) is 127 cm³/mol. The van der Waals surface area contributed by atoms with Crippen LogP contribution in [0.4, 0.5) is 0 Å². The summed E-state index contributed by atoms with van der Waals surface area (Å²) >= 11 is 0. The lowest BCUT2D eigenvalue weighted by Gasteiger charge is -2.32. The second-order valence-corrected chi connectivity index (χ2v) is 8.59. The highest BCUT2D eigenvalue weighted by atomic mass is 16.5. The van der Waals surface area contributed by atoms with Crippen LogP contribution in [0.25, 0.3) is 11.3 Å². The van der Waals surface area contributed by atoms with Crippen molar-refractivity contribution in [3.8, 4) is 5.75 Å². The molecule has 6 rings (SSSR count). The largest absolute Gasteiger partial charge is 0.487 e. The quantitative estimate of drug-likeness (QED) is 0.403. The monoisotopic (exact) mass is 452 g/mol. The minimum Gasteiger partial charge on any atom is -0.487 e. The normalized spacial score (nSPS) is 16.2. The summed E-state index contributed by atoms with van der Waals surface area (Å²) in [6.07, 6.45) is 7.81. The van der Waals surface area contributed by atoms with Crippen molar-refractivity contribution < 1.29 is 9.53 Å². The zero-order valence-electron chi connectivity index (χ0n) is 18.6. The van der Waals surface area contributed by atoms with E-state index in [9.17, 15) is 4.79 Å². The molecule has 1 atom stereocenters. The second kappa shape index (κ2) is 8.62. The van der Waals surface area contributed by atoms with Gasteiger partial charge in [0.2, 0.25) is 0 Å². The first-order valence-electron chi connectivity index (χ1n) is 11.5. The Hall–Kier alpha value is -4.20. The molecule has 1 aromatic carbocycles. The molecule has 34 heavy (non-hydrogen) atoms. The average molecular weight is 453 g/mol. The topological polar surface area (TPSA) is 77.0 Å². The summed E-state index contributed by atoms with van der Waals surface area (Å²) in [5, 5.41) is 8.69. The molecule has 4 aromatic heterocycles. The molecule has 1 aliphatic rings. The lowest BCUT2D eigenvalue weighted by Crippen LogP contribution is -2.39. The molecule has 0 N–H and O–H groups in total. The Bertz CT molecular complexity index is 1440. The van der Waals surface area contributed by atoms with Crippen LogP contribution in [-0.2, 0) is 6.61 Å². The van der Waals surface area contributed by atoms with Crippen molar-refractivity contribution in [2.24, 2.45) is 0 Å². The molecule has 5 heterocycles. The van der Waals surface area contributed by atoms with Gasteiger partial charge in [-0.15, -0.1) is 10.2 Å². The first-order valence-corrected chi connectivity index (χ1v) is 11.5. The Labute approximate surface area is 196 Å². The second-order valence-electron chi connectivity index (χ2n) is 8.59. The Kier molecular flexibility index (Phi) is 5.18. The van der Waals surface area contributed by atoms with Crippen LogP contribution in [0, 0.1) is 0 Å². The van der Waals surface area contributed by atoms with Crippen molar-refractivity contribution in [3.05, 3.63) is 96.3 Å². The van der Waals surface area contributed by atoms with Gasteiger partial charge in [-0.2, -0.15) is 0 Å². The van der Waals surface area contributed by atoms with E-state index < -0.39 is 0 Å². The molecule has 0 spiro atoms. The van der Waals surface area contributed by atoms with E-state index in [1.807, 2.05) is 93.0 Å². The third-order valence-electron chi connectivity index (χ3n) is 6.30. The van der Waals surface area contributed by atoms with E-state index in [-0.39, 0.29) is 11.8 Å². The van der Waals surface area contributed by atoms with E-state index in [1.54, 1.807) is 0 Å². The van der Waals surface area contributed by atoms with Gasteiger partial charge in [0.1, 0.15) is 23.8 Å². The van der Waals surface area contributed by atoms with Crippen molar-refractivity contribution >= 4 is 17.2 Å². The summed E-state index contributed by atoms with van der Waals surface area (Å²) in [6, 6.07) is 19.1. The number of imidazole rings is 1. The number of carbonyl (C=O) groups is 1. The Balaban J connectivity index is 1.15. The Morgan fingerprint density at radius 3 is 2.79 bits per heavy atom. The summed E-state index contributed by atoms with van der Waals surface area (Å²) in [6.45, 7) is 1.70. The highest BCUT2D eigenvalue weighted by molar-refractivity contribution is 5.94. The standard InChI is InChI=1S/C26H24N6O2/c33-26(31-13-6-8-20(16-31)25-29-28-24-11-2-4-14-32(24)25)19-7-5-9-22(15-19)34-18-21-17-30-12-3-1-10-23(30)27-21/h1-5,7,9-12,14-15,17,20H,6,8,13,16,18H2. The van der Waals surface area contributed by atoms with Gasteiger partial charge >= 0.3 is 0 Å². The molecule has 1 aliphatic heterocycles. The number of pyridine rings is 2. The zero-order valence-corrected chi connectivity index (χ0v) is 18.6. The molecule has 0 bridgehead atoms. The number of aromatic nitrogens is 5. The fraction of sp³-hybridized carbons (Fsp3) is 0.231. The Morgan fingerprint density at radius 1 is 1.00 bits per heavy atom. The van der Waals surface area contributed by atoms with Crippen molar-refractivity contribution in [2.75, 3.05) is 13.1 Å². The predicted octanol–water partition coefficient (Wildman–Crippen LogP) is 3.98. The van der Waals surface area contributed by atoms with Crippen LogP contribution in [0.2, 0.25) is 0 Å². The molecule has 1 amide bonds. The van der Waals surface area contributed by atoms with E-state index >= 15 is 0 Å². The maximum absolute atomic E-state index is 13.3. The summed E-state index contributed by atoms with van der Waals surface area (Å²) in [5.74, 6) is 1.74. The molecule has 0 radical (unpaired) electrons. The van der Waals surface area contributed by atoms with Gasteiger partial charge in [-0.1, -0.05) is 18.2 Å². The van der Waals surface area contributed by atoms with Crippen molar-refractivity contribution in [1.82, 2.24) is 28.9 Å². The molecule has 1 fully saturated rings. The van der Waals surface area contributed by atoms with Crippen LogP contribution in [0.15, 0.2) is 79.3 Å². The van der Waals surface area contributed by atoms with Gasteiger partial charge in [-0.05, 0) is 55.3 Å². The minimum atomic E-state index is 0.0108. The molecule has 1 unspecified atom stereocenters. The van der Waals surface area contributed by atoms with Gasteiger partial charge in [0.15, 0.2) is 5.65 Å². The van der Waals surface area contributed by atoms with Crippen LogP contribution in [-0.4, -0.2) is 47.9 Å². The fourth-order valence-electron chi connectivity index (χ4n) is 4.63. The van der Waals surface area contributed by atoms with Crippen molar-refractivity contribution in [1.29, 1.82) is 0 Å². The highest BCUT2D eigenvalue weighted by Gasteiger charge is 2.28. The number of likely N-dealkylation sites (tertiary alicyclic amines) is 1. The molecule has 0 saturated carbocycles. The van der Waals surface area contributed by atoms with E-state index in [2.05, 4.69) is 15.2 Å². The molecular weight excluding hydrogens is 428 g/mol. The highest BCUT2D eigenvalue weighted by Crippen LogP contribution is 2.27. The van der Waals surface area contributed by atoms with E-state index in [0.717, 1.165) is 42.2 Å². The maximum Gasteiger partial charge on any atom is 0.254 e. The third-order valence-corrected chi connectivity index (χ3v) is 6.30. The lowest BCUT2D eigenvalue weighted by molar-refractivity contribution is 0.0703. The van der Waals surface area contributed by atoms with E-state index in [1.165, 1.54) is 0 Å². The molecule has 8 heteroatoms.